The van der Waals surface area contributed by atoms with E-state index in [4.69, 9.17) is 4.74 Å². The van der Waals surface area contributed by atoms with Gasteiger partial charge in [-0.1, -0.05) is 30.3 Å². The highest BCUT2D eigenvalue weighted by molar-refractivity contribution is 5.86. The Balaban J connectivity index is 1.79. The molecule has 4 nitrogen and oxygen atoms in total. The number of rotatable bonds is 6. The van der Waals surface area contributed by atoms with E-state index in [-0.39, 0.29) is 5.91 Å². The third-order valence-electron chi connectivity index (χ3n) is 3.72. The molecule has 0 spiro atoms. The number of hydrogen-bond donors (Lipinski definition) is 2. The van der Waals surface area contributed by atoms with Gasteiger partial charge in [0.05, 0.1) is 7.11 Å². The number of hydrogen-bond acceptors (Lipinski definition) is 3. The Morgan fingerprint density at radius 2 is 1.77 bits per heavy atom. The lowest BCUT2D eigenvalue weighted by atomic mass is 10.1. The van der Waals surface area contributed by atoms with E-state index in [2.05, 4.69) is 10.6 Å². The maximum Gasteiger partial charge on any atom is 0.247 e. The van der Waals surface area contributed by atoms with Gasteiger partial charge < -0.3 is 15.4 Å². The fourth-order valence-electron chi connectivity index (χ4n) is 2.31. The number of anilines is 1. The fourth-order valence-corrected chi connectivity index (χ4v) is 2.31. The molecule has 1 amide bonds. The van der Waals surface area contributed by atoms with Crippen molar-refractivity contribution in [1.29, 1.82) is 0 Å². The van der Waals surface area contributed by atoms with Crippen LogP contribution in [0.4, 0.5) is 5.69 Å². The topological polar surface area (TPSA) is 50.4 Å². The van der Waals surface area contributed by atoms with Gasteiger partial charge in [-0.05, 0) is 42.7 Å². The lowest BCUT2D eigenvalue weighted by molar-refractivity contribution is -0.122. The van der Waals surface area contributed by atoms with Crippen LogP contribution in [0.3, 0.4) is 0 Å². The first-order valence-electron chi connectivity index (χ1n) is 7.52. The minimum Gasteiger partial charge on any atom is -0.497 e. The number of nitrogens with one attached hydrogen (secondary N) is 2. The van der Waals surface area contributed by atoms with Crippen LogP contribution in [-0.2, 0) is 4.79 Å². The van der Waals surface area contributed by atoms with Crippen molar-refractivity contribution in [2.45, 2.75) is 24.9 Å². The standard InChI is InChI=1S/C18H20N2O2/c1-22-16-11-9-14(10-12-16)19-17(13-5-3-2-4-6-13)18(21)20-15-7-8-15/h2-6,9-12,15,17,19H,7-8H2,1H3,(H,20,21)/t17-/m1/s1. The summed E-state index contributed by atoms with van der Waals surface area (Å²) in [7, 11) is 1.64. The average molecular weight is 296 g/mol. The number of carbonyl (C=O) groups is 1. The minimum atomic E-state index is -0.393. The lowest BCUT2D eigenvalue weighted by Crippen LogP contribution is -2.34. The number of benzene rings is 2. The Kier molecular flexibility index (Phi) is 4.28. The molecule has 2 aromatic carbocycles. The van der Waals surface area contributed by atoms with Crippen molar-refractivity contribution in [3.8, 4) is 5.75 Å². The first kappa shape index (κ1) is 14.4. The van der Waals surface area contributed by atoms with Crippen LogP contribution in [-0.4, -0.2) is 19.1 Å². The summed E-state index contributed by atoms with van der Waals surface area (Å²) in [5.41, 5.74) is 1.84. The van der Waals surface area contributed by atoms with Crippen LogP contribution in [0.5, 0.6) is 5.75 Å². The van der Waals surface area contributed by atoms with Gasteiger partial charge in [0.1, 0.15) is 11.8 Å². The Hall–Kier alpha value is -2.49. The minimum absolute atomic E-state index is 0.0181. The molecule has 1 aliphatic rings. The molecule has 22 heavy (non-hydrogen) atoms. The molecule has 4 heteroatoms. The molecular weight excluding hydrogens is 276 g/mol. The van der Waals surface area contributed by atoms with Gasteiger partial charge in [0, 0.05) is 11.7 Å². The molecule has 0 aromatic heterocycles. The van der Waals surface area contributed by atoms with Crippen LogP contribution in [0.2, 0.25) is 0 Å². The van der Waals surface area contributed by atoms with E-state index in [9.17, 15) is 4.79 Å². The zero-order valence-electron chi connectivity index (χ0n) is 12.6. The first-order chi connectivity index (χ1) is 10.8. The van der Waals surface area contributed by atoms with Crippen molar-refractivity contribution in [2.75, 3.05) is 12.4 Å². The van der Waals surface area contributed by atoms with Crippen molar-refractivity contribution in [3.63, 3.8) is 0 Å². The first-order valence-corrected chi connectivity index (χ1v) is 7.52. The molecule has 0 bridgehead atoms. The van der Waals surface area contributed by atoms with Crippen LogP contribution in [0, 0.1) is 0 Å². The monoisotopic (exact) mass is 296 g/mol. The second-order valence-corrected chi connectivity index (χ2v) is 5.50. The molecule has 0 heterocycles. The molecule has 1 fully saturated rings. The highest BCUT2D eigenvalue weighted by Crippen LogP contribution is 2.24. The predicted octanol–water partition coefficient (Wildman–Crippen LogP) is 3.13. The summed E-state index contributed by atoms with van der Waals surface area (Å²) in [4.78, 5) is 12.5. The predicted molar refractivity (Wildman–Crippen MR) is 87.0 cm³/mol. The van der Waals surface area contributed by atoms with Gasteiger partial charge in [-0.3, -0.25) is 4.79 Å². The van der Waals surface area contributed by atoms with Crippen molar-refractivity contribution in [3.05, 3.63) is 60.2 Å². The summed E-state index contributed by atoms with van der Waals surface area (Å²) in [6.45, 7) is 0. The van der Waals surface area contributed by atoms with Crippen LogP contribution >= 0.6 is 0 Å². The largest absolute Gasteiger partial charge is 0.497 e. The number of methoxy groups -OCH3 is 1. The van der Waals surface area contributed by atoms with Crippen molar-refractivity contribution >= 4 is 11.6 Å². The fraction of sp³-hybridized carbons (Fsp3) is 0.278. The third kappa shape index (κ3) is 3.58. The summed E-state index contributed by atoms with van der Waals surface area (Å²) >= 11 is 0. The molecule has 0 unspecified atom stereocenters. The van der Waals surface area contributed by atoms with Gasteiger partial charge in [-0.15, -0.1) is 0 Å². The van der Waals surface area contributed by atoms with E-state index in [1.807, 2.05) is 54.6 Å². The molecule has 0 saturated heterocycles. The Morgan fingerprint density at radius 3 is 2.36 bits per heavy atom. The highest BCUT2D eigenvalue weighted by Gasteiger charge is 2.28. The van der Waals surface area contributed by atoms with Gasteiger partial charge in [-0.25, -0.2) is 0 Å². The molecule has 1 atom stereocenters. The van der Waals surface area contributed by atoms with E-state index in [0.29, 0.717) is 6.04 Å². The van der Waals surface area contributed by atoms with Gasteiger partial charge in [0.25, 0.3) is 0 Å². The van der Waals surface area contributed by atoms with E-state index in [1.165, 1.54) is 0 Å². The van der Waals surface area contributed by atoms with Crippen molar-refractivity contribution in [2.24, 2.45) is 0 Å². The van der Waals surface area contributed by atoms with Crippen LogP contribution in [0.1, 0.15) is 24.4 Å². The highest BCUT2D eigenvalue weighted by atomic mass is 16.5. The van der Waals surface area contributed by atoms with Gasteiger partial charge in [0.15, 0.2) is 0 Å². The Labute approximate surface area is 130 Å². The molecule has 1 saturated carbocycles. The Morgan fingerprint density at radius 1 is 1.09 bits per heavy atom. The maximum absolute atomic E-state index is 12.5. The molecule has 2 N–H and O–H groups in total. The number of carbonyl (C=O) groups excluding carboxylic acids is 1. The zero-order chi connectivity index (χ0) is 15.4. The summed E-state index contributed by atoms with van der Waals surface area (Å²) in [5.74, 6) is 0.814. The molecule has 114 valence electrons. The second kappa shape index (κ2) is 6.52. The van der Waals surface area contributed by atoms with Crippen molar-refractivity contribution < 1.29 is 9.53 Å². The Bertz CT molecular complexity index is 621. The number of ether oxygens (including phenoxy) is 1. The van der Waals surface area contributed by atoms with Crippen molar-refractivity contribution in [1.82, 2.24) is 5.32 Å². The quantitative estimate of drug-likeness (QED) is 0.861. The van der Waals surface area contributed by atoms with Crippen LogP contribution < -0.4 is 15.4 Å². The summed E-state index contributed by atoms with van der Waals surface area (Å²) in [6.07, 6.45) is 2.16. The van der Waals surface area contributed by atoms with Crippen LogP contribution in [0.15, 0.2) is 54.6 Å². The van der Waals surface area contributed by atoms with Gasteiger partial charge >= 0.3 is 0 Å². The normalized spacial score (nSPS) is 15.0. The second-order valence-electron chi connectivity index (χ2n) is 5.50. The lowest BCUT2D eigenvalue weighted by Gasteiger charge is -2.20. The molecule has 3 rings (SSSR count). The summed E-state index contributed by atoms with van der Waals surface area (Å²) in [5, 5.41) is 6.38. The van der Waals surface area contributed by atoms with Gasteiger partial charge in [-0.2, -0.15) is 0 Å². The van der Waals surface area contributed by atoms with E-state index >= 15 is 0 Å². The van der Waals surface area contributed by atoms with E-state index in [1.54, 1.807) is 7.11 Å². The SMILES string of the molecule is COc1ccc(N[C@@H](C(=O)NC2CC2)c2ccccc2)cc1. The van der Waals surface area contributed by atoms with E-state index in [0.717, 1.165) is 29.8 Å². The molecule has 0 radical (unpaired) electrons. The molecule has 0 aliphatic heterocycles. The molecule has 2 aromatic rings. The molecular formula is C18H20N2O2. The number of amides is 1. The van der Waals surface area contributed by atoms with E-state index < -0.39 is 6.04 Å². The smallest absolute Gasteiger partial charge is 0.247 e. The summed E-state index contributed by atoms with van der Waals surface area (Å²) < 4.78 is 5.16. The van der Waals surface area contributed by atoms with Crippen LogP contribution in [0.25, 0.3) is 0 Å². The molecule has 1 aliphatic carbocycles. The maximum atomic E-state index is 12.5. The van der Waals surface area contributed by atoms with Gasteiger partial charge in [0.2, 0.25) is 5.91 Å². The average Bonchev–Trinajstić information content (AvgIpc) is 3.38. The zero-order valence-corrected chi connectivity index (χ0v) is 12.6. The third-order valence-corrected chi connectivity index (χ3v) is 3.72. The summed E-state index contributed by atoms with van der Waals surface area (Å²) in [6, 6.07) is 17.3.